The fourth-order valence-electron chi connectivity index (χ4n) is 5.96. The highest BCUT2D eigenvalue weighted by Gasteiger charge is 2.36. The van der Waals surface area contributed by atoms with Crippen molar-refractivity contribution in [2.24, 2.45) is 0 Å². The predicted octanol–water partition coefficient (Wildman–Crippen LogP) is 7.61. The quantitative estimate of drug-likeness (QED) is 0.162. The third kappa shape index (κ3) is 8.83. The van der Waals surface area contributed by atoms with Crippen LogP contribution in [0.5, 0.6) is 0 Å². The van der Waals surface area contributed by atoms with Crippen LogP contribution in [0, 0.1) is 13.8 Å². The molecule has 246 valence electrons. The summed E-state index contributed by atoms with van der Waals surface area (Å²) in [6.07, 6.45) is 4.14. The second-order valence-electron chi connectivity index (χ2n) is 12.1. The molecule has 1 aliphatic rings. The Hall–Kier alpha value is -3.66. The fraction of sp³-hybridized carbons (Fsp3) is 0.297. The molecule has 1 aliphatic carbocycles. The van der Waals surface area contributed by atoms with Crippen molar-refractivity contribution in [1.29, 1.82) is 0 Å². The Balaban J connectivity index is 1.58. The molecule has 7 nitrogen and oxygen atoms in total. The molecule has 0 aromatic heterocycles. The maximum Gasteiger partial charge on any atom is 0.264 e. The second-order valence-corrected chi connectivity index (χ2v) is 15.3. The minimum Gasteiger partial charge on any atom is -0.352 e. The molecular weight excluding hydrogens is 698 g/mol. The van der Waals surface area contributed by atoms with Gasteiger partial charge in [-0.05, 0) is 85.8 Å². The number of benzene rings is 4. The summed E-state index contributed by atoms with van der Waals surface area (Å²) in [4.78, 5) is 30.4. The number of rotatable bonds is 12. The highest BCUT2D eigenvalue weighted by atomic mass is 79.9. The number of sulfonamides is 1. The molecule has 0 radical (unpaired) electrons. The van der Waals surface area contributed by atoms with Gasteiger partial charge in [0, 0.05) is 28.5 Å². The zero-order chi connectivity index (χ0) is 33.6. The maximum atomic E-state index is 14.7. The van der Waals surface area contributed by atoms with Crippen LogP contribution in [0.2, 0.25) is 5.02 Å². The van der Waals surface area contributed by atoms with Gasteiger partial charge in [0.2, 0.25) is 11.8 Å². The molecule has 4 aromatic rings. The molecule has 1 saturated carbocycles. The van der Waals surface area contributed by atoms with Crippen molar-refractivity contribution in [1.82, 2.24) is 10.2 Å². The van der Waals surface area contributed by atoms with E-state index in [9.17, 15) is 18.0 Å². The molecular formula is C37H39BrClN3O4S. The molecule has 1 atom stereocenters. The lowest BCUT2D eigenvalue weighted by atomic mass is 10.0. The van der Waals surface area contributed by atoms with Crippen molar-refractivity contribution in [3.8, 4) is 0 Å². The van der Waals surface area contributed by atoms with Gasteiger partial charge in [0.25, 0.3) is 10.0 Å². The van der Waals surface area contributed by atoms with Crippen molar-refractivity contribution in [2.75, 3.05) is 10.8 Å². The van der Waals surface area contributed by atoms with Crippen molar-refractivity contribution < 1.29 is 18.0 Å². The third-order valence-corrected chi connectivity index (χ3v) is 11.1. The van der Waals surface area contributed by atoms with E-state index in [0.29, 0.717) is 16.3 Å². The van der Waals surface area contributed by atoms with Crippen LogP contribution >= 0.6 is 27.5 Å². The van der Waals surface area contributed by atoms with Crippen LogP contribution in [0.3, 0.4) is 0 Å². The third-order valence-electron chi connectivity index (χ3n) is 8.55. The smallest absolute Gasteiger partial charge is 0.264 e. The maximum absolute atomic E-state index is 14.7. The Morgan fingerprint density at radius 1 is 0.894 bits per heavy atom. The van der Waals surface area contributed by atoms with Crippen LogP contribution in [0.1, 0.15) is 47.9 Å². The monoisotopic (exact) mass is 735 g/mol. The van der Waals surface area contributed by atoms with E-state index in [1.807, 2.05) is 61.5 Å². The highest BCUT2D eigenvalue weighted by Crippen LogP contribution is 2.30. The number of anilines is 1. The Bertz CT molecular complexity index is 1800. The molecule has 5 rings (SSSR count). The van der Waals surface area contributed by atoms with Crippen LogP contribution < -0.4 is 9.62 Å². The van der Waals surface area contributed by atoms with Gasteiger partial charge in [-0.2, -0.15) is 0 Å². The molecule has 0 bridgehead atoms. The lowest BCUT2D eigenvalue weighted by Crippen LogP contribution is -2.54. The summed E-state index contributed by atoms with van der Waals surface area (Å²) in [5, 5.41) is 3.66. The summed E-state index contributed by atoms with van der Waals surface area (Å²) in [5.41, 5.74) is 3.54. The van der Waals surface area contributed by atoms with Crippen LogP contribution in [-0.2, 0) is 32.6 Å². The molecule has 0 saturated heterocycles. The van der Waals surface area contributed by atoms with E-state index in [2.05, 4.69) is 21.2 Å². The topological polar surface area (TPSA) is 86.8 Å². The highest BCUT2D eigenvalue weighted by molar-refractivity contribution is 9.10. The number of hydrogen-bond donors (Lipinski definition) is 1. The number of aryl methyl sites for hydroxylation is 2. The van der Waals surface area contributed by atoms with Crippen LogP contribution in [0.15, 0.2) is 106 Å². The number of nitrogens with one attached hydrogen (secondary N) is 1. The van der Waals surface area contributed by atoms with Crippen molar-refractivity contribution in [2.45, 2.75) is 69.5 Å². The minimum atomic E-state index is -4.20. The van der Waals surface area contributed by atoms with Gasteiger partial charge in [-0.3, -0.25) is 13.9 Å². The Morgan fingerprint density at radius 2 is 1.55 bits per heavy atom. The van der Waals surface area contributed by atoms with E-state index in [-0.39, 0.29) is 29.8 Å². The van der Waals surface area contributed by atoms with Gasteiger partial charge in [-0.1, -0.05) is 101 Å². The number of amides is 2. The first-order valence-electron chi connectivity index (χ1n) is 15.7. The largest absolute Gasteiger partial charge is 0.352 e. The molecule has 1 N–H and O–H groups in total. The zero-order valence-corrected chi connectivity index (χ0v) is 29.7. The summed E-state index contributed by atoms with van der Waals surface area (Å²) in [6, 6.07) is 27.7. The lowest BCUT2D eigenvalue weighted by Gasteiger charge is -2.34. The Morgan fingerprint density at radius 3 is 2.19 bits per heavy atom. The van der Waals surface area contributed by atoms with Gasteiger partial charge in [0.05, 0.1) is 10.6 Å². The zero-order valence-electron chi connectivity index (χ0n) is 26.5. The van der Waals surface area contributed by atoms with Gasteiger partial charge in [-0.15, -0.1) is 0 Å². The second kappa shape index (κ2) is 15.5. The molecule has 0 unspecified atom stereocenters. The van der Waals surface area contributed by atoms with Gasteiger partial charge in [-0.25, -0.2) is 8.42 Å². The Labute approximate surface area is 291 Å². The predicted molar refractivity (Wildman–Crippen MR) is 191 cm³/mol. The summed E-state index contributed by atoms with van der Waals surface area (Å²) in [7, 11) is -4.20. The number of hydrogen-bond acceptors (Lipinski definition) is 4. The number of carbonyl (C=O) groups excluding carboxylic acids is 2. The van der Waals surface area contributed by atoms with Crippen LogP contribution in [0.4, 0.5) is 5.69 Å². The number of nitrogens with zero attached hydrogens (tertiary/aromatic N) is 2. The van der Waals surface area contributed by atoms with E-state index in [1.54, 1.807) is 49.4 Å². The summed E-state index contributed by atoms with van der Waals surface area (Å²) in [5.74, 6) is -0.748. The molecule has 2 amide bonds. The summed E-state index contributed by atoms with van der Waals surface area (Å²) in [6.45, 7) is 3.23. The van der Waals surface area contributed by atoms with E-state index in [0.717, 1.165) is 51.2 Å². The van der Waals surface area contributed by atoms with Crippen LogP contribution in [0.25, 0.3) is 0 Å². The molecule has 47 heavy (non-hydrogen) atoms. The lowest BCUT2D eigenvalue weighted by molar-refractivity contribution is -0.140. The van der Waals surface area contributed by atoms with E-state index >= 15 is 0 Å². The molecule has 1 fully saturated rings. The van der Waals surface area contributed by atoms with Crippen molar-refractivity contribution in [3.63, 3.8) is 0 Å². The van der Waals surface area contributed by atoms with Crippen molar-refractivity contribution in [3.05, 3.63) is 129 Å². The van der Waals surface area contributed by atoms with E-state index in [4.69, 9.17) is 11.6 Å². The van der Waals surface area contributed by atoms with Gasteiger partial charge in [0.15, 0.2) is 0 Å². The first kappa shape index (κ1) is 34.7. The van der Waals surface area contributed by atoms with Gasteiger partial charge in [0.1, 0.15) is 12.6 Å². The molecule has 10 heteroatoms. The van der Waals surface area contributed by atoms with E-state index < -0.39 is 28.5 Å². The molecule has 0 heterocycles. The SMILES string of the molecule is Cc1ccc(S(=O)(=O)N(CC(=O)N(Cc2ccc(Br)cc2)[C@H](Cc2ccccc2)C(=O)NC2CCCC2)c2ccc(Cl)cc2C)cc1. The fourth-order valence-corrected chi connectivity index (χ4v) is 7.93. The Kier molecular flexibility index (Phi) is 11.4. The minimum absolute atomic E-state index is 0.0422. The first-order valence-corrected chi connectivity index (χ1v) is 18.4. The first-order chi connectivity index (χ1) is 22.5. The van der Waals surface area contributed by atoms with Gasteiger partial charge >= 0.3 is 0 Å². The normalized spacial score (nSPS) is 14.0. The molecule has 0 aliphatic heterocycles. The standard InChI is InChI=1S/C37H39BrClN3O4S/c1-26-12-19-33(20-13-26)47(45,46)42(34-21-18-31(39)22-27(34)2)25-36(43)41(24-29-14-16-30(38)17-15-29)35(23-28-8-4-3-5-9-28)37(44)40-32-10-6-7-11-32/h3-5,8-9,12-22,32,35H,6-7,10-11,23-25H2,1-2H3,(H,40,44)/t35-/m1/s1. The molecule has 0 spiro atoms. The van der Waals surface area contributed by atoms with Gasteiger partial charge < -0.3 is 10.2 Å². The number of carbonyl (C=O) groups is 2. The summed E-state index contributed by atoms with van der Waals surface area (Å²) < 4.78 is 30.6. The number of halogens is 2. The van der Waals surface area contributed by atoms with E-state index in [1.165, 1.54) is 4.90 Å². The average Bonchev–Trinajstić information content (AvgIpc) is 3.56. The van der Waals surface area contributed by atoms with Crippen LogP contribution in [-0.4, -0.2) is 43.8 Å². The van der Waals surface area contributed by atoms with Crippen molar-refractivity contribution >= 4 is 55.1 Å². The summed E-state index contributed by atoms with van der Waals surface area (Å²) >= 11 is 9.74. The molecule has 4 aromatic carbocycles. The average molecular weight is 737 g/mol.